The second-order valence-corrected chi connectivity index (χ2v) is 4.24. The van der Waals surface area contributed by atoms with Gasteiger partial charge < -0.3 is 9.72 Å². The molecule has 0 saturated carbocycles. The van der Waals surface area contributed by atoms with Crippen LogP contribution in [0.4, 0.5) is 0 Å². The molecule has 15 heavy (non-hydrogen) atoms. The maximum absolute atomic E-state index is 4.30. The molecule has 1 saturated heterocycles. The van der Waals surface area contributed by atoms with Gasteiger partial charge in [0.25, 0.3) is 0 Å². The fourth-order valence-electron chi connectivity index (χ4n) is 2.36. The highest BCUT2D eigenvalue weighted by atomic mass is 15.0. The largest absolute Gasteiger partial charge is 0.316 e. The van der Waals surface area contributed by atoms with E-state index in [1.165, 1.54) is 18.7 Å². The van der Waals surface area contributed by atoms with Gasteiger partial charge in [-0.2, -0.15) is 0 Å². The molecule has 1 N–H and O–H groups in total. The molecule has 0 aromatic carbocycles. The van der Waals surface area contributed by atoms with E-state index in [2.05, 4.69) is 32.9 Å². The predicted octanol–water partition coefficient (Wildman–Crippen LogP) is 1.49. The van der Waals surface area contributed by atoms with Crippen LogP contribution in [0.5, 0.6) is 0 Å². The van der Waals surface area contributed by atoms with Crippen molar-refractivity contribution in [1.82, 2.24) is 14.7 Å². The number of hydrogen-bond acceptors (Lipinski definition) is 2. The van der Waals surface area contributed by atoms with Gasteiger partial charge in [-0.3, -0.25) is 0 Å². The van der Waals surface area contributed by atoms with Crippen LogP contribution < -0.4 is 5.32 Å². The van der Waals surface area contributed by atoms with E-state index in [4.69, 9.17) is 0 Å². The average Bonchev–Trinajstić information content (AvgIpc) is 2.87. The minimum Gasteiger partial charge on any atom is -0.316 e. The molecule has 1 atom stereocenters. The number of imidazole rings is 1. The molecule has 1 aliphatic rings. The summed E-state index contributed by atoms with van der Waals surface area (Å²) in [5, 5.41) is 3.41. The third kappa shape index (κ3) is 1.63. The second kappa shape index (κ2) is 3.66. The number of pyridine rings is 1. The first-order chi connectivity index (χ1) is 7.43. The van der Waals surface area contributed by atoms with Crippen molar-refractivity contribution in [3.63, 3.8) is 0 Å². The van der Waals surface area contributed by atoms with Crippen LogP contribution in [0, 0.1) is 5.92 Å². The number of aromatic nitrogens is 2. The van der Waals surface area contributed by atoms with E-state index < -0.39 is 0 Å². The van der Waals surface area contributed by atoms with Gasteiger partial charge in [-0.25, -0.2) is 4.98 Å². The Morgan fingerprint density at radius 3 is 3.33 bits per heavy atom. The van der Waals surface area contributed by atoms with Crippen LogP contribution >= 0.6 is 0 Å². The minimum atomic E-state index is 0.790. The van der Waals surface area contributed by atoms with Crippen molar-refractivity contribution in [3.8, 4) is 0 Å². The number of rotatable bonds is 2. The number of fused-ring (bicyclic) bond motifs is 1. The van der Waals surface area contributed by atoms with Gasteiger partial charge >= 0.3 is 0 Å². The molecule has 78 valence electrons. The fourth-order valence-corrected chi connectivity index (χ4v) is 2.36. The lowest BCUT2D eigenvalue weighted by molar-refractivity contribution is 0.568. The van der Waals surface area contributed by atoms with Crippen LogP contribution in [0.15, 0.2) is 30.6 Å². The van der Waals surface area contributed by atoms with E-state index in [0.717, 1.165) is 24.5 Å². The highest BCUT2D eigenvalue weighted by Crippen LogP contribution is 2.16. The van der Waals surface area contributed by atoms with Gasteiger partial charge in [0.05, 0.1) is 0 Å². The van der Waals surface area contributed by atoms with Crippen molar-refractivity contribution >= 4 is 5.65 Å². The van der Waals surface area contributed by atoms with E-state index in [1.54, 1.807) is 0 Å². The Morgan fingerprint density at radius 1 is 1.47 bits per heavy atom. The smallest absolute Gasteiger partial charge is 0.136 e. The van der Waals surface area contributed by atoms with E-state index >= 15 is 0 Å². The van der Waals surface area contributed by atoms with Crippen molar-refractivity contribution in [2.75, 3.05) is 13.1 Å². The summed E-state index contributed by atoms with van der Waals surface area (Å²) in [6.45, 7) is 2.33. The molecule has 3 heteroatoms. The van der Waals surface area contributed by atoms with Gasteiger partial charge in [-0.1, -0.05) is 6.07 Å². The molecule has 0 aliphatic carbocycles. The molecule has 0 radical (unpaired) electrons. The van der Waals surface area contributed by atoms with Crippen LogP contribution in [0.1, 0.15) is 12.1 Å². The summed E-state index contributed by atoms with van der Waals surface area (Å²) in [7, 11) is 0. The third-order valence-corrected chi connectivity index (χ3v) is 3.17. The zero-order chi connectivity index (χ0) is 10.1. The standard InChI is InChI=1S/C12H15N3/c1-2-11(8-10-4-5-13-9-10)15-7-6-14-12(15)3-1/h1-3,6-7,10,13H,4-5,8-9H2/t10-/m1/s1. The van der Waals surface area contributed by atoms with Gasteiger partial charge in [0.15, 0.2) is 0 Å². The monoisotopic (exact) mass is 201 g/mol. The molecule has 0 unspecified atom stereocenters. The van der Waals surface area contributed by atoms with Crippen molar-refractivity contribution < 1.29 is 0 Å². The predicted molar refractivity (Wildman–Crippen MR) is 59.9 cm³/mol. The molecule has 0 spiro atoms. The fraction of sp³-hybridized carbons (Fsp3) is 0.417. The van der Waals surface area contributed by atoms with Crippen molar-refractivity contribution in [1.29, 1.82) is 0 Å². The molecular formula is C12H15N3. The zero-order valence-electron chi connectivity index (χ0n) is 8.69. The number of nitrogens with zero attached hydrogens (tertiary/aromatic N) is 2. The Hall–Kier alpha value is -1.35. The summed E-state index contributed by atoms with van der Waals surface area (Å²) in [6, 6.07) is 6.35. The summed E-state index contributed by atoms with van der Waals surface area (Å²) in [4.78, 5) is 4.30. The lowest BCUT2D eigenvalue weighted by atomic mass is 10.0. The van der Waals surface area contributed by atoms with Gasteiger partial charge in [0, 0.05) is 18.1 Å². The van der Waals surface area contributed by atoms with Crippen LogP contribution in [0.25, 0.3) is 5.65 Å². The number of hydrogen-bond donors (Lipinski definition) is 1. The average molecular weight is 201 g/mol. The van der Waals surface area contributed by atoms with E-state index in [1.807, 2.05) is 12.4 Å². The van der Waals surface area contributed by atoms with E-state index in [0.29, 0.717) is 0 Å². The lowest BCUT2D eigenvalue weighted by Crippen LogP contribution is -2.12. The Balaban J connectivity index is 1.92. The van der Waals surface area contributed by atoms with Gasteiger partial charge in [0.2, 0.25) is 0 Å². The van der Waals surface area contributed by atoms with Crippen molar-refractivity contribution in [2.24, 2.45) is 5.92 Å². The first-order valence-corrected chi connectivity index (χ1v) is 5.55. The molecule has 3 nitrogen and oxygen atoms in total. The summed E-state index contributed by atoms with van der Waals surface area (Å²) < 4.78 is 2.19. The molecule has 3 rings (SSSR count). The maximum atomic E-state index is 4.30. The van der Waals surface area contributed by atoms with Crippen molar-refractivity contribution in [2.45, 2.75) is 12.8 Å². The molecule has 1 fully saturated rings. The molecule has 2 aromatic heterocycles. The molecule has 0 bridgehead atoms. The molecular weight excluding hydrogens is 186 g/mol. The topological polar surface area (TPSA) is 29.3 Å². The Bertz CT molecular complexity index is 455. The van der Waals surface area contributed by atoms with E-state index in [-0.39, 0.29) is 0 Å². The normalized spacial score (nSPS) is 21.2. The molecule has 0 amide bonds. The first-order valence-electron chi connectivity index (χ1n) is 5.55. The zero-order valence-corrected chi connectivity index (χ0v) is 8.69. The second-order valence-electron chi connectivity index (χ2n) is 4.24. The summed E-state index contributed by atoms with van der Waals surface area (Å²) in [5.74, 6) is 0.790. The molecule has 2 aromatic rings. The minimum absolute atomic E-state index is 0.790. The Labute approximate surface area is 89.1 Å². The Kier molecular flexibility index (Phi) is 2.18. The Morgan fingerprint density at radius 2 is 2.47 bits per heavy atom. The van der Waals surface area contributed by atoms with E-state index in [9.17, 15) is 0 Å². The van der Waals surface area contributed by atoms with Gasteiger partial charge in [0.1, 0.15) is 5.65 Å². The molecule has 1 aliphatic heterocycles. The highest BCUT2D eigenvalue weighted by molar-refractivity contribution is 5.39. The SMILES string of the molecule is c1cc(C[C@H]2CCNC2)n2ccnc2c1. The lowest BCUT2D eigenvalue weighted by Gasteiger charge is -2.10. The van der Waals surface area contributed by atoms with Gasteiger partial charge in [-0.15, -0.1) is 0 Å². The van der Waals surface area contributed by atoms with Crippen LogP contribution in [-0.4, -0.2) is 22.5 Å². The third-order valence-electron chi connectivity index (χ3n) is 3.17. The van der Waals surface area contributed by atoms with Crippen molar-refractivity contribution in [3.05, 3.63) is 36.3 Å². The number of nitrogens with one attached hydrogen (secondary N) is 1. The highest BCUT2D eigenvalue weighted by Gasteiger charge is 2.15. The summed E-state index contributed by atoms with van der Waals surface area (Å²) in [5.41, 5.74) is 2.43. The summed E-state index contributed by atoms with van der Waals surface area (Å²) in [6.07, 6.45) is 6.37. The summed E-state index contributed by atoms with van der Waals surface area (Å²) >= 11 is 0. The first kappa shape index (κ1) is 8.92. The van der Waals surface area contributed by atoms with Crippen LogP contribution in [0.3, 0.4) is 0 Å². The molecule has 3 heterocycles. The van der Waals surface area contributed by atoms with Gasteiger partial charge in [-0.05, 0) is 44.0 Å². The quantitative estimate of drug-likeness (QED) is 0.797. The van der Waals surface area contributed by atoms with Crippen LogP contribution in [-0.2, 0) is 6.42 Å². The van der Waals surface area contributed by atoms with Crippen LogP contribution in [0.2, 0.25) is 0 Å². The maximum Gasteiger partial charge on any atom is 0.136 e.